The molecule has 1 saturated carbocycles. The molecule has 0 radical (unpaired) electrons. The van der Waals surface area contributed by atoms with Crippen LogP contribution < -0.4 is 0 Å². The van der Waals surface area contributed by atoms with Crippen molar-refractivity contribution in [3.8, 4) is 0 Å². The van der Waals surface area contributed by atoms with E-state index in [0.717, 1.165) is 19.4 Å². The molecule has 4 heteroatoms. The first-order valence-electron chi connectivity index (χ1n) is 7.79. The molecule has 3 atom stereocenters. The van der Waals surface area contributed by atoms with E-state index in [1.807, 2.05) is 13.8 Å². The fourth-order valence-corrected chi connectivity index (χ4v) is 4.25. The van der Waals surface area contributed by atoms with Crippen LogP contribution >= 0.6 is 0 Å². The fraction of sp³-hybridized carbons (Fsp3) is 0.875. The van der Waals surface area contributed by atoms with Crippen molar-refractivity contribution >= 4 is 0 Å². The van der Waals surface area contributed by atoms with Crippen LogP contribution in [0.1, 0.15) is 46.5 Å². The maximum absolute atomic E-state index is 6.48. The molecule has 2 aliphatic carbocycles. The van der Waals surface area contributed by atoms with Gasteiger partial charge in [-0.25, -0.2) is 0 Å². The van der Waals surface area contributed by atoms with Gasteiger partial charge in [0.05, 0.1) is 13.2 Å². The molecule has 0 aromatic rings. The van der Waals surface area contributed by atoms with Crippen molar-refractivity contribution in [3.05, 3.63) is 11.6 Å². The van der Waals surface area contributed by atoms with Gasteiger partial charge in [0, 0.05) is 18.8 Å². The van der Waals surface area contributed by atoms with Crippen LogP contribution in [0.3, 0.4) is 0 Å². The zero-order valence-electron chi connectivity index (χ0n) is 12.6. The van der Waals surface area contributed by atoms with E-state index in [4.69, 9.17) is 18.9 Å². The molecule has 4 nitrogen and oxygen atoms in total. The summed E-state index contributed by atoms with van der Waals surface area (Å²) in [4.78, 5) is 0. The summed E-state index contributed by atoms with van der Waals surface area (Å²) in [6, 6.07) is 0. The molecule has 2 heterocycles. The summed E-state index contributed by atoms with van der Waals surface area (Å²) in [5, 5.41) is 0. The third-order valence-corrected chi connectivity index (χ3v) is 5.22. The first-order chi connectivity index (χ1) is 9.44. The lowest BCUT2D eigenvalue weighted by Crippen LogP contribution is -2.55. The van der Waals surface area contributed by atoms with E-state index in [0.29, 0.717) is 12.5 Å². The van der Waals surface area contributed by atoms with Crippen molar-refractivity contribution in [3.63, 3.8) is 0 Å². The molecule has 2 saturated heterocycles. The van der Waals surface area contributed by atoms with Gasteiger partial charge < -0.3 is 18.9 Å². The van der Waals surface area contributed by atoms with Gasteiger partial charge in [-0.1, -0.05) is 5.57 Å². The molecule has 20 heavy (non-hydrogen) atoms. The number of ether oxygens (including phenoxy) is 4. The average Bonchev–Trinajstić information content (AvgIpc) is 3.01. The van der Waals surface area contributed by atoms with Gasteiger partial charge in [0.1, 0.15) is 11.7 Å². The summed E-state index contributed by atoms with van der Waals surface area (Å²) in [6.45, 7) is 7.43. The average molecular weight is 280 g/mol. The lowest BCUT2D eigenvalue weighted by Gasteiger charge is -2.45. The molecule has 3 fully saturated rings. The van der Waals surface area contributed by atoms with E-state index in [1.54, 1.807) is 0 Å². The van der Waals surface area contributed by atoms with Crippen molar-refractivity contribution in [2.45, 2.75) is 69.7 Å². The summed E-state index contributed by atoms with van der Waals surface area (Å²) < 4.78 is 24.7. The largest absolute Gasteiger partial charge is 0.349 e. The first kappa shape index (κ1) is 13.3. The zero-order valence-corrected chi connectivity index (χ0v) is 12.6. The Kier molecular flexibility index (Phi) is 2.70. The van der Waals surface area contributed by atoms with Gasteiger partial charge in [-0.15, -0.1) is 0 Å². The van der Waals surface area contributed by atoms with Gasteiger partial charge in [-0.3, -0.25) is 0 Å². The second-order valence-corrected chi connectivity index (χ2v) is 7.21. The van der Waals surface area contributed by atoms with Crippen molar-refractivity contribution in [1.82, 2.24) is 0 Å². The minimum atomic E-state index is -0.532. The van der Waals surface area contributed by atoms with Crippen molar-refractivity contribution in [2.75, 3.05) is 13.2 Å². The number of hydrogen-bond donors (Lipinski definition) is 0. The fourth-order valence-electron chi connectivity index (χ4n) is 4.25. The Morgan fingerprint density at radius 2 is 1.90 bits per heavy atom. The van der Waals surface area contributed by atoms with Crippen molar-refractivity contribution in [2.24, 2.45) is 5.92 Å². The van der Waals surface area contributed by atoms with E-state index in [1.165, 1.54) is 18.4 Å². The molecular weight excluding hydrogens is 256 g/mol. The topological polar surface area (TPSA) is 36.9 Å². The summed E-state index contributed by atoms with van der Waals surface area (Å²) in [5.41, 5.74) is 0.890. The Morgan fingerprint density at radius 3 is 2.55 bits per heavy atom. The highest BCUT2D eigenvalue weighted by Crippen LogP contribution is 2.51. The second kappa shape index (κ2) is 4.07. The molecule has 2 spiro atoms. The highest BCUT2D eigenvalue weighted by molar-refractivity contribution is 5.29. The molecule has 0 aromatic heterocycles. The van der Waals surface area contributed by atoms with E-state index >= 15 is 0 Å². The lowest BCUT2D eigenvalue weighted by atomic mass is 9.92. The predicted octanol–water partition coefficient (Wildman–Crippen LogP) is 2.77. The molecule has 4 aliphatic rings. The second-order valence-electron chi connectivity index (χ2n) is 7.21. The molecule has 4 rings (SSSR count). The van der Waals surface area contributed by atoms with Crippen LogP contribution in [0, 0.1) is 5.92 Å². The minimum absolute atomic E-state index is 0.0381. The molecule has 0 unspecified atom stereocenters. The third kappa shape index (κ3) is 1.82. The molecule has 0 bridgehead atoms. The van der Waals surface area contributed by atoms with Crippen LogP contribution in [0.4, 0.5) is 0 Å². The Labute approximate surface area is 120 Å². The van der Waals surface area contributed by atoms with Gasteiger partial charge in [-0.2, -0.15) is 0 Å². The van der Waals surface area contributed by atoms with Crippen LogP contribution in [-0.2, 0) is 18.9 Å². The minimum Gasteiger partial charge on any atom is -0.349 e. The molecule has 0 N–H and O–H groups in total. The van der Waals surface area contributed by atoms with Crippen molar-refractivity contribution in [1.29, 1.82) is 0 Å². The molecule has 2 aliphatic heterocycles. The highest BCUT2D eigenvalue weighted by atomic mass is 16.8. The van der Waals surface area contributed by atoms with Gasteiger partial charge in [0.2, 0.25) is 0 Å². The van der Waals surface area contributed by atoms with Gasteiger partial charge in [-0.05, 0) is 39.7 Å². The number of fused-ring (bicyclic) bond motifs is 2. The van der Waals surface area contributed by atoms with E-state index in [9.17, 15) is 0 Å². The summed E-state index contributed by atoms with van der Waals surface area (Å²) in [7, 11) is 0. The smallest absolute Gasteiger partial charge is 0.168 e. The predicted molar refractivity (Wildman–Crippen MR) is 73.1 cm³/mol. The third-order valence-electron chi connectivity index (χ3n) is 5.22. The molecule has 112 valence electrons. The van der Waals surface area contributed by atoms with Crippen LogP contribution in [0.2, 0.25) is 0 Å². The van der Waals surface area contributed by atoms with Crippen LogP contribution in [0.25, 0.3) is 0 Å². The summed E-state index contributed by atoms with van der Waals surface area (Å²) in [5.74, 6) is -0.586. The van der Waals surface area contributed by atoms with E-state index < -0.39 is 11.4 Å². The van der Waals surface area contributed by atoms with Gasteiger partial charge >= 0.3 is 0 Å². The quantitative estimate of drug-likeness (QED) is 0.639. The zero-order chi connectivity index (χ0) is 14.0. The van der Waals surface area contributed by atoms with Crippen LogP contribution in [-0.4, -0.2) is 36.5 Å². The number of hydrogen-bond acceptors (Lipinski definition) is 4. The molecular formula is C16H24O4. The van der Waals surface area contributed by atoms with Crippen LogP contribution in [0.15, 0.2) is 11.6 Å². The molecule has 0 aromatic carbocycles. The van der Waals surface area contributed by atoms with E-state index in [2.05, 4.69) is 13.0 Å². The highest BCUT2D eigenvalue weighted by Gasteiger charge is 2.60. The lowest BCUT2D eigenvalue weighted by molar-refractivity contribution is -0.325. The maximum atomic E-state index is 6.48. The summed E-state index contributed by atoms with van der Waals surface area (Å²) >= 11 is 0. The van der Waals surface area contributed by atoms with Gasteiger partial charge in [0.25, 0.3) is 0 Å². The van der Waals surface area contributed by atoms with E-state index in [-0.39, 0.29) is 11.9 Å². The number of rotatable bonds is 0. The Balaban J connectivity index is 1.64. The Hall–Kier alpha value is -0.420. The summed E-state index contributed by atoms with van der Waals surface area (Å²) in [6.07, 6.45) is 6.66. The van der Waals surface area contributed by atoms with Crippen molar-refractivity contribution < 1.29 is 18.9 Å². The maximum Gasteiger partial charge on any atom is 0.168 e. The standard InChI is InChI=1S/C16H24O4/c1-11-8-15(10-18-14(2,3)20-15)13-12(11)9-17-16(19-13)6-4-5-7-16/h8,12-13H,4-7,9-10H2,1-3H3/t12-,13+,15-/m1/s1. The normalized spacial score (nSPS) is 45.0. The van der Waals surface area contributed by atoms with Gasteiger partial charge in [0.15, 0.2) is 11.6 Å². The van der Waals surface area contributed by atoms with Crippen LogP contribution in [0.5, 0.6) is 0 Å². The monoisotopic (exact) mass is 280 g/mol. The first-order valence-corrected chi connectivity index (χ1v) is 7.79. The SMILES string of the molecule is CC1=C[C@@]2(COC(C)(C)O2)[C@H]2OC3(CCCC3)OC[C@H]12. The molecule has 0 amide bonds. The Bertz CT molecular complexity index is 449. The Morgan fingerprint density at radius 1 is 1.15 bits per heavy atom.